The number of carbonyl (C=O) groups is 2. The predicted octanol–water partition coefficient (Wildman–Crippen LogP) is 1.91. The number of morpholine rings is 1. The van der Waals surface area contributed by atoms with E-state index in [1.165, 1.54) is 11.8 Å². The van der Waals surface area contributed by atoms with Gasteiger partial charge in [0, 0.05) is 30.7 Å². The van der Waals surface area contributed by atoms with Gasteiger partial charge in [-0.3, -0.25) is 9.59 Å². The standard InChI is InChI=1S/C18H22ClN5O3S/c1-12(20-17(26)13-3-5-14(19)6-4-13)16-21-22-18(23(16)2)28-11-15(25)24-7-9-27-10-8-24/h3-6,12H,7-11H2,1-2H3,(H,20,26)/t12-/m1/s1. The van der Waals surface area contributed by atoms with E-state index in [9.17, 15) is 9.59 Å². The van der Waals surface area contributed by atoms with E-state index in [1.807, 2.05) is 14.0 Å². The van der Waals surface area contributed by atoms with E-state index in [4.69, 9.17) is 16.3 Å². The van der Waals surface area contributed by atoms with Gasteiger partial charge in [0.05, 0.1) is 25.0 Å². The van der Waals surface area contributed by atoms with E-state index >= 15 is 0 Å². The van der Waals surface area contributed by atoms with Crippen LogP contribution in [-0.2, 0) is 16.6 Å². The Morgan fingerprint density at radius 3 is 2.61 bits per heavy atom. The van der Waals surface area contributed by atoms with Gasteiger partial charge in [0.15, 0.2) is 11.0 Å². The molecular formula is C18H22ClN5O3S. The van der Waals surface area contributed by atoms with E-state index in [2.05, 4.69) is 15.5 Å². The van der Waals surface area contributed by atoms with Crippen LogP contribution in [0.4, 0.5) is 0 Å². The van der Waals surface area contributed by atoms with Crippen LogP contribution >= 0.6 is 23.4 Å². The summed E-state index contributed by atoms with van der Waals surface area (Å²) >= 11 is 7.19. The number of hydrogen-bond donors (Lipinski definition) is 1. The fourth-order valence-electron chi connectivity index (χ4n) is 2.81. The van der Waals surface area contributed by atoms with Gasteiger partial charge in [-0.15, -0.1) is 10.2 Å². The summed E-state index contributed by atoms with van der Waals surface area (Å²) in [4.78, 5) is 26.4. The first-order valence-electron chi connectivity index (χ1n) is 8.89. The summed E-state index contributed by atoms with van der Waals surface area (Å²) in [6.45, 7) is 4.24. The van der Waals surface area contributed by atoms with Gasteiger partial charge < -0.3 is 19.5 Å². The number of halogens is 1. The van der Waals surface area contributed by atoms with Crippen molar-refractivity contribution < 1.29 is 14.3 Å². The highest BCUT2D eigenvalue weighted by atomic mass is 35.5. The lowest BCUT2D eigenvalue weighted by molar-refractivity contribution is -0.132. The molecule has 28 heavy (non-hydrogen) atoms. The largest absolute Gasteiger partial charge is 0.378 e. The van der Waals surface area contributed by atoms with Gasteiger partial charge in [-0.25, -0.2) is 0 Å². The van der Waals surface area contributed by atoms with Crippen LogP contribution in [0.25, 0.3) is 0 Å². The molecule has 1 fully saturated rings. The molecule has 0 unspecified atom stereocenters. The second-order valence-corrected chi connectivity index (χ2v) is 7.76. The Balaban J connectivity index is 1.57. The Bertz CT molecular complexity index is 836. The van der Waals surface area contributed by atoms with Gasteiger partial charge in [-0.05, 0) is 31.2 Å². The lowest BCUT2D eigenvalue weighted by Gasteiger charge is -2.26. The molecule has 1 atom stereocenters. The fraction of sp³-hybridized carbons (Fsp3) is 0.444. The highest BCUT2D eigenvalue weighted by molar-refractivity contribution is 7.99. The molecule has 1 aliphatic heterocycles. The number of nitrogens with one attached hydrogen (secondary N) is 1. The molecule has 1 aromatic carbocycles. The number of aromatic nitrogens is 3. The minimum absolute atomic E-state index is 0.0574. The molecule has 2 heterocycles. The molecule has 3 rings (SSSR count). The predicted molar refractivity (Wildman–Crippen MR) is 106 cm³/mol. The molecule has 1 aromatic heterocycles. The number of carbonyl (C=O) groups excluding carboxylic acids is 2. The van der Waals surface area contributed by atoms with Crippen LogP contribution in [-0.4, -0.2) is 63.5 Å². The Labute approximate surface area is 172 Å². The Kier molecular flexibility index (Phi) is 6.93. The molecule has 0 aliphatic carbocycles. The van der Waals surface area contributed by atoms with E-state index in [0.717, 1.165) is 0 Å². The molecule has 8 nitrogen and oxygen atoms in total. The molecule has 1 aliphatic rings. The molecule has 1 N–H and O–H groups in total. The maximum absolute atomic E-state index is 12.4. The first kappa shape index (κ1) is 20.6. The average molecular weight is 424 g/mol. The van der Waals surface area contributed by atoms with Gasteiger partial charge in [0.25, 0.3) is 5.91 Å². The average Bonchev–Trinajstić information content (AvgIpc) is 3.07. The monoisotopic (exact) mass is 423 g/mol. The molecule has 0 bridgehead atoms. The summed E-state index contributed by atoms with van der Waals surface area (Å²) in [6.07, 6.45) is 0. The zero-order valence-electron chi connectivity index (χ0n) is 15.7. The van der Waals surface area contributed by atoms with E-state index in [-0.39, 0.29) is 23.6 Å². The van der Waals surface area contributed by atoms with Gasteiger partial charge >= 0.3 is 0 Å². The van der Waals surface area contributed by atoms with Crippen LogP contribution in [0, 0.1) is 0 Å². The number of ether oxygens (including phenoxy) is 1. The zero-order chi connectivity index (χ0) is 20.1. The lowest BCUT2D eigenvalue weighted by atomic mass is 10.2. The third-order valence-corrected chi connectivity index (χ3v) is 5.66. The maximum atomic E-state index is 12.4. The molecular weight excluding hydrogens is 402 g/mol. The molecule has 1 saturated heterocycles. The van der Waals surface area contributed by atoms with Crippen LogP contribution < -0.4 is 5.32 Å². The number of nitrogens with zero attached hydrogens (tertiary/aromatic N) is 4. The summed E-state index contributed by atoms with van der Waals surface area (Å²) in [7, 11) is 1.82. The van der Waals surface area contributed by atoms with Crippen LogP contribution in [0.5, 0.6) is 0 Å². The van der Waals surface area contributed by atoms with Crippen molar-refractivity contribution in [2.45, 2.75) is 18.1 Å². The molecule has 2 aromatic rings. The van der Waals surface area contributed by atoms with E-state index in [1.54, 1.807) is 33.7 Å². The van der Waals surface area contributed by atoms with Crippen molar-refractivity contribution in [3.63, 3.8) is 0 Å². The number of benzene rings is 1. The number of rotatable bonds is 6. The Morgan fingerprint density at radius 1 is 1.25 bits per heavy atom. The van der Waals surface area contributed by atoms with Crippen molar-refractivity contribution in [1.82, 2.24) is 25.0 Å². The summed E-state index contributed by atoms with van der Waals surface area (Å²) in [5.74, 6) is 0.742. The third-order valence-electron chi connectivity index (χ3n) is 4.40. The molecule has 0 saturated carbocycles. The minimum atomic E-state index is -0.343. The molecule has 10 heteroatoms. The molecule has 0 spiro atoms. The maximum Gasteiger partial charge on any atom is 0.251 e. The summed E-state index contributed by atoms with van der Waals surface area (Å²) < 4.78 is 7.06. The molecule has 0 radical (unpaired) electrons. The summed E-state index contributed by atoms with van der Waals surface area (Å²) in [5.41, 5.74) is 0.518. The second kappa shape index (κ2) is 9.40. The zero-order valence-corrected chi connectivity index (χ0v) is 17.3. The van der Waals surface area contributed by atoms with Crippen molar-refractivity contribution in [3.05, 3.63) is 40.7 Å². The third kappa shape index (κ3) is 5.03. The van der Waals surface area contributed by atoms with Gasteiger partial charge in [0.1, 0.15) is 0 Å². The smallest absolute Gasteiger partial charge is 0.251 e. The SMILES string of the molecule is C[C@@H](NC(=O)c1ccc(Cl)cc1)c1nnc(SCC(=O)N2CCOCC2)n1C. The topological polar surface area (TPSA) is 89.3 Å². The Morgan fingerprint density at radius 2 is 1.93 bits per heavy atom. The summed E-state index contributed by atoms with van der Waals surface area (Å²) in [6, 6.07) is 6.33. The van der Waals surface area contributed by atoms with Crippen LogP contribution in [0.1, 0.15) is 29.1 Å². The van der Waals surface area contributed by atoms with Crippen LogP contribution in [0.2, 0.25) is 5.02 Å². The van der Waals surface area contributed by atoms with Gasteiger partial charge in [-0.1, -0.05) is 23.4 Å². The minimum Gasteiger partial charge on any atom is -0.378 e. The highest BCUT2D eigenvalue weighted by Crippen LogP contribution is 2.20. The first-order valence-corrected chi connectivity index (χ1v) is 10.3. The van der Waals surface area contributed by atoms with Crippen molar-refractivity contribution in [2.24, 2.45) is 7.05 Å². The van der Waals surface area contributed by atoms with Crippen molar-refractivity contribution >= 4 is 35.2 Å². The summed E-state index contributed by atoms with van der Waals surface area (Å²) in [5, 5.41) is 12.4. The fourth-order valence-corrected chi connectivity index (χ4v) is 3.75. The quantitative estimate of drug-likeness (QED) is 0.714. The second-order valence-electron chi connectivity index (χ2n) is 6.38. The molecule has 150 valence electrons. The van der Waals surface area contributed by atoms with Gasteiger partial charge in [0.2, 0.25) is 5.91 Å². The van der Waals surface area contributed by atoms with Gasteiger partial charge in [-0.2, -0.15) is 0 Å². The number of thioether (sulfide) groups is 1. The normalized spacial score (nSPS) is 15.3. The molecule has 2 amide bonds. The highest BCUT2D eigenvalue weighted by Gasteiger charge is 2.21. The van der Waals surface area contributed by atoms with Crippen molar-refractivity contribution in [3.8, 4) is 0 Å². The number of hydrogen-bond acceptors (Lipinski definition) is 6. The van der Waals surface area contributed by atoms with Crippen molar-refractivity contribution in [1.29, 1.82) is 0 Å². The van der Waals surface area contributed by atoms with Crippen LogP contribution in [0.3, 0.4) is 0 Å². The number of amides is 2. The van der Waals surface area contributed by atoms with E-state index < -0.39 is 0 Å². The lowest BCUT2D eigenvalue weighted by Crippen LogP contribution is -2.41. The Hall–Kier alpha value is -2.10. The first-order chi connectivity index (χ1) is 13.5. The van der Waals surface area contributed by atoms with Crippen LogP contribution in [0.15, 0.2) is 29.4 Å². The van der Waals surface area contributed by atoms with E-state index in [0.29, 0.717) is 47.9 Å². The van der Waals surface area contributed by atoms with Crippen molar-refractivity contribution in [2.75, 3.05) is 32.1 Å².